The lowest BCUT2D eigenvalue weighted by molar-refractivity contribution is 0.179. The molecule has 130 valence electrons. The lowest BCUT2D eigenvalue weighted by Crippen LogP contribution is -2.40. The van der Waals surface area contributed by atoms with Crippen LogP contribution in [0.15, 0.2) is 45.9 Å². The zero-order chi connectivity index (χ0) is 17.6. The monoisotopic (exact) mass is 374 g/mol. The van der Waals surface area contributed by atoms with E-state index in [4.69, 9.17) is 21.4 Å². The molecule has 1 aromatic carbocycles. The van der Waals surface area contributed by atoms with Gasteiger partial charge in [-0.15, -0.1) is 11.3 Å². The molecule has 25 heavy (non-hydrogen) atoms. The number of thiazole rings is 1. The van der Waals surface area contributed by atoms with E-state index < -0.39 is 0 Å². The van der Waals surface area contributed by atoms with Crippen molar-refractivity contribution in [2.75, 3.05) is 13.7 Å². The molecule has 8 heteroatoms. The van der Waals surface area contributed by atoms with Crippen molar-refractivity contribution >= 4 is 45.1 Å². The Kier molecular flexibility index (Phi) is 5.75. The Morgan fingerprint density at radius 2 is 2.24 bits per heavy atom. The zero-order valence-electron chi connectivity index (χ0n) is 13.9. The number of aromatic nitrogens is 1. The van der Waals surface area contributed by atoms with Crippen molar-refractivity contribution in [1.29, 1.82) is 0 Å². The van der Waals surface area contributed by atoms with Crippen molar-refractivity contribution in [2.24, 2.45) is 5.10 Å². The van der Waals surface area contributed by atoms with Crippen LogP contribution in [0.1, 0.15) is 12.7 Å². The number of hydrazone groups is 1. The number of fused-ring (bicyclic) bond motifs is 1. The smallest absolute Gasteiger partial charge is 0.187 e. The van der Waals surface area contributed by atoms with Gasteiger partial charge in [-0.1, -0.05) is 12.1 Å². The highest BCUT2D eigenvalue weighted by Gasteiger charge is 2.09. The topological polar surface area (TPSA) is 71.7 Å². The molecular formula is C17H18N4O2S2. The number of hydrogen-bond acceptors (Lipinski definition) is 6. The molecule has 0 bridgehead atoms. The summed E-state index contributed by atoms with van der Waals surface area (Å²) in [4.78, 5) is 4.58. The number of nitrogens with zero attached hydrogens (tertiary/aromatic N) is 2. The van der Waals surface area contributed by atoms with Crippen LogP contribution in [0, 0.1) is 0 Å². The molecule has 2 aromatic heterocycles. The van der Waals surface area contributed by atoms with Gasteiger partial charge in [-0.2, -0.15) is 5.10 Å². The normalized spacial score (nSPS) is 12.6. The largest absolute Gasteiger partial charge is 0.453 e. The third-order valence-corrected chi connectivity index (χ3v) is 4.54. The number of nitrogens with one attached hydrogen (secondary N) is 2. The van der Waals surface area contributed by atoms with E-state index in [1.807, 2.05) is 43.3 Å². The van der Waals surface area contributed by atoms with Crippen LogP contribution in [0.2, 0.25) is 0 Å². The molecule has 1 atom stereocenters. The van der Waals surface area contributed by atoms with Crippen LogP contribution in [0.5, 0.6) is 0 Å². The van der Waals surface area contributed by atoms with E-state index in [-0.39, 0.29) is 6.04 Å². The molecule has 0 radical (unpaired) electrons. The van der Waals surface area contributed by atoms with Crippen molar-refractivity contribution in [2.45, 2.75) is 13.0 Å². The van der Waals surface area contributed by atoms with Crippen LogP contribution < -0.4 is 10.7 Å². The molecule has 0 unspecified atom stereocenters. The van der Waals surface area contributed by atoms with Crippen molar-refractivity contribution in [3.05, 3.63) is 42.2 Å². The Balaban J connectivity index is 1.60. The van der Waals surface area contributed by atoms with Gasteiger partial charge in [0.15, 0.2) is 15.9 Å². The molecule has 2 N–H and O–H groups in total. The number of ether oxygens (including phenoxy) is 1. The van der Waals surface area contributed by atoms with E-state index >= 15 is 0 Å². The van der Waals surface area contributed by atoms with Gasteiger partial charge < -0.3 is 14.5 Å². The lowest BCUT2D eigenvalue weighted by Gasteiger charge is -2.13. The van der Waals surface area contributed by atoms with Crippen LogP contribution >= 0.6 is 23.6 Å². The minimum atomic E-state index is 0.106. The van der Waals surface area contributed by atoms with Gasteiger partial charge in [0, 0.05) is 13.2 Å². The summed E-state index contributed by atoms with van der Waals surface area (Å²) in [6, 6.07) is 11.8. The van der Waals surface area contributed by atoms with Gasteiger partial charge in [0.2, 0.25) is 0 Å². The molecule has 0 aliphatic heterocycles. The number of thiocarbonyl (C=S) groups is 1. The molecular weight excluding hydrogens is 356 g/mol. The molecule has 3 aromatic rings. The fraction of sp³-hybridized carbons (Fsp3) is 0.235. The summed E-state index contributed by atoms with van der Waals surface area (Å²) < 4.78 is 11.9. The predicted octanol–water partition coefficient (Wildman–Crippen LogP) is 3.39. The Hall–Kier alpha value is -2.29. The number of hydrogen-bond donors (Lipinski definition) is 2. The molecule has 6 nitrogen and oxygen atoms in total. The lowest BCUT2D eigenvalue weighted by atomic mass is 10.3. The Morgan fingerprint density at radius 3 is 3.04 bits per heavy atom. The standard InChI is InChI=1S/C17H18N4O2S2/c1-11(10-22-2)19-17(24)21-18-9-12-7-8-14(23-12)16-20-13-5-3-4-6-15(13)25-16/h3-9,11H,10H2,1-2H3,(H2,19,21,24)/b18-9-/t11-/m1/s1. The minimum absolute atomic E-state index is 0.106. The highest BCUT2D eigenvalue weighted by atomic mass is 32.1. The Morgan fingerprint density at radius 1 is 1.40 bits per heavy atom. The molecule has 0 saturated carbocycles. The first kappa shape index (κ1) is 17.5. The maximum absolute atomic E-state index is 5.78. The van der Waals surface area contributed by atoms with Crippen LogP contribution in [0.3, 0.4) is 0 Å². The van der Waals surface area contributed by atoms with Crippen molar-refractivity contribution in [1.82, 2.24) is 15.7 Å². The molecule has 2 heterocycles. The Bertz CT molecular complexity index is 855. The first-order valence-electron chi connectivity index (χ1n) is 7.70. The highest BCUT2D eigenvalue weighted by Crippen LogP contribution is 2.30. The van der Waals surface area contributed by atoms with E-state index in [1.54, 1.807) is 24.7 Å². The van der Waals surface area contributed by atoms with Crippen molar-refractivity contribution in [3.63, 3.8) is 0 Å². The van der Waals surface area contributed by atoms with Crippen LogP contribution in [0.25, 0.3) is 21.0 Å². The van der Waals surface area contributed by atoms with Crippen LogP contribution in [-0.2, 0) is 4.74 Å². The average molecular weight is 374 g/mol. The summed E-state index contributed by atoms with van der Waals surface area (Å²) in [5.74, 6) is 1.34. The number of rotatable bonds is 6. The predicted molar refractivity (Wildman–Crippen MR) is 105 cm³/mol. The van der Waals surface area contributed by atoms with Crippen LogP contribution in [0.4, 0.5) is 0 Å². The highest BCUT2D eigenvalue weighted by molar-refractivity contribution is 7.80. The van der Waals surface area contributed by atoms with Gasteiger partial charge in [0.05, 0.1) is 23.0 Å². The summed E-state index contributed by atoms with van der Waals surface area (Å²) in [6.07, 6.45) is 1.58. The van der Waals surface area contributed by atoms with E-state index in [2.05, 4.69) is 20.8 Å². The van der Waals surface area contributed by atoms with Gasteiger partial charge >= 0.3 is 0 Å². The van der Waals surface area contributed by atoms with Gasteiger partial charge in [-0.3, -0.25) is 5.43 Å². The fourth-order valence-electron chi connectivity index (χ4n) is 2.22. The summed E-state index contributed by atoms with van der Waals surface area (Å²) >= 11 is 6.74. The van der Waals surface area contributed by atoms with E-state index in [9.17, 15) is 0 Å². The molecule has 3 rings (SSSR count). The quantitative estimate of drug-likeness (QED) is 0.391. The third kappa shape index (κ3) is 4.62. The molecule has 0 fully saturated rings. The number of methoxy groups -OCH3 is 1. The molecule has 0 aliphatic rings. The van der Waals surface area contributed by atoms with Gasteiger partial charge in [0.25, 0.3) is 0 Å². The molecule has 0 spiro atoms. The van der Waals surface area contributed by atoms with E-state index in [0.717, 1.165) is 21.0 Å². The van der Waals surface area contributed by atoms with Crippen LogP contribution in [-0.4, -0.2) is 36.1 Å². The summed E-state index contributed by atoms with van der Waals surface area (Å²) in [5.41, 5.74) is 3.72. The SMILES string of the molecule is COC[C@@H](C)NC(=S)N/N=C\c1ccc(-c2nc3ccccc3s2)o1. The molecule has 0 saturated heterocycles. The van der Waals surface area contributed by atoms with E-state index in [0.29, 0.717) is 17.5 Å². The zero-order valence-corrected chi connectivity index (χ0v) is 15.5. The number of para-hydroxylation sites is 1. The maximum atomic E-state index is 5.78. The maximum Gasteiger partial charge on any atom is 0.187 e. The number of furan rings is 1. The fourth-order valence-corrected chi connectivity index (χ4v) is 3.40. The summed E-state index contributed by atoms with van der Waals surface area (Å²) in [7, 11) is 1.65. The second-order valence-corrected chi connectivity index (χ2v) is 6.83. The van der Waals surface area contributed by atoms with Gasteiger partial charge in [-0.25, -0.2) is 4.98 Å². The second kappa shape index (κ2) is 8.19. The van der Waals surface area contributed by atoms with Gasteiger partial charge in [-0.05, 0) is 43.4 Å². The summed E-state index contributed by atoms with van der Waals surface area (Å²) in [6.45, 7) is 2.53. The number of benzene rings is 1. The third-order valence-electron chi connectivity index (χ3n) is 3.28. The molecule has 0 aliphatic carbocycles. The first-order chi connectivity index (χ1) is 12.2. The second-order valence-electron chi connectivity index (χ2n) is 5.39. The average Bonchev–Trinajstić information content (AvgIpc) is 3.21. The van der Waals surface area contributed by atoms with Gasteiger partial charge in [0.1, 0.15) is 5.76 Å². The summed E-state index contributed by atoms with van der Waals surface area (Å²) in [5, 5.41) is 8.41. The minimum Gasteiger partial charge on any atom is -0.453 e. The first-order valence-corrected chi connectivity index (χ1v) is 8.92. The van der Waals surface area contributed by atoms with Crippen molar-refractivity contribution in [3.8, 4) is 10.8 Å². The van der Waals surface area contributed by atoms with E-state index in [1.165, 1.54) is 0 Å². The molecule has 0 amide bonds. The van der Waals surface area contributed by atoms with Crippen molar-refractivity contribution < 1.29 is 9.15 Å². The Labute approximate surface area is 154 Å².